The summed E-state index contributed by atoms with van der Waals surface area (Å²) in [5.41, 5.74) is 0. The zero-order chi connectivity index (χ0) is 11.5. The van der Waals surface area contributed by atoms with Crippen LogP contribution in [0.2, 0.25) is 0 Å². The van der Waals surface area contributed by atoms with Crippen molar-refractivity contribution in [2.24, 2.45) is 5.92 Å². The second kappa shape index (κ2) is 4.85. The van der Waals surface area contributed by atoms with Gasteiger partial charge < -0.3 is 10.2 Å². The van der Waals surface area contributed by atoms with Crippen LogP contribution in [0.3, 0.4) is 0 Å². The van der Waals surface area contributed by atoms with Crippen LogP contribution in [0.4, 0.5) is 0 Å². The summed E-state index contributed by atoms with van der Waals surface area (Å²) in [5.74, 6) is 0.0709. The molecule has 1 unspecified atom stereocenters. The predicted octanol–water partition coefficient (Wildman–Crippen LogP) is 0.914. The van der Waals surface area contributed by atoms with Crippen molar-refractivity contribution in [3.8, 4) is 0 Å². The van der Waals surface area contributed by atoms with E-state index in [4.69, 9.17) is 0 Å². The highest BCUT2D eigenvalue weighted by molar-refractivity contribution is 5.89. The van der Waals surface area contributed by atoms with Gasteiger partial charge in [0.05, 0.1) is 5.92 Å². The predicted molar refractivity (Wildman–Crippen MR) is 60.8 cm³/mol. The molecule has 0 aromatic rings. The summed E-state index contributed by atoms with van der Waals surface area (Å²) in [6.45, 7) is 3.33. The molecule has 4 heteroatoms. The Bertz CT molecular complexity index is 285. The highest BCUT2D eigenvalue weighted by Crippen LogP contribution is 2.25. The molecule has 1 aliphatic carbocycles. The van der Waals surface area contributed by atoms with E-state index in [2.05, 4.69) is 5.32 Å². The van der Waals surface area contributed by atoms with Crippen LogP contribution in [0.15, 0.2) is 0 Å². The Labute approximate surface area is 96.4 Å². The first kappa shape index (κ1) is 11.4. The third-order valence-corrected chi connectivity index (χ3v) is 3.72. The van der Waals surface area contributed by atoms with Crippen molar-refractivity contribution in [3.63, 3.8) is 0 Å². The van der Waals surface area contributed by atoms with Crippen LogP contribution < -0.4 is 5.32 Å². The molecule has 4 nitrogen and oxygen atoms in total. The van der Waals surface area contributed by atoms with Crippen LogP contribution in [0.1, 0.15) is 39.0 Å². The fourth-order valence-corrected chi connectivity index (χ4v) is 2.82. The molecule has 2 aliphatic rings. The third-order valence-electron chi connectivity index (χ3n) is 3.72. The van der Waals surface area contributed by atoms with E-state index in [9.17, 15) is 9.59 Å². The smallest absolute Gasteiger partial charge is 0.228 e. The monoisotopic (exact) mass is 224 g/mol. The third kappa shape index (κ3) is 2.20. The van der Waals surface area contributed by atoms with Gasteiger partial charge in [-0.2, -0.15) is 0 Å². The van der Waals surface area contributed by atoms with Gasteiger partial charge in [-0.25, -0.2) is 0 Å². The van der Waals surface area contributed by atoms with Crippen LogP contribution in [0.5, 0.6) is 0 Å². The van der Waals surface area contributed by atoms with Gasteiger partial charge in [-0.1, -0.05) is 12.8 Å². The molecule has 0 spiro atoms. The number of carbonyl (C=O) groups is 2. The van der Waals surface area contributed by atoms with Crippen molar-refractivity contribution >= 4 is 11.8 Å². The second-order valence-corrected chi connectivity index (χ2v) is 4.77. The molecule has 1 saturated heterocycles. The standard InChI is InChI=1S/C12H20N2O2/c1-2-14(10-5-3-4-6-10)12(16)9-7-11(15)13-8-9/h9-10H,2-8H2,1H3,(H,13,15). The molecule has 2 fully saturated rings. The van der Waals surface area contributed by atoms with Crippen molar-refractivity contribution in [1.82, 2.24) is 10.2 Å². The Hall–Kier alpha value is -1.06. The Morgan fingerprint density at radius 3 is 2.62 bits per heavy atom. The van der Waals surface area contributed by atoms with Crippen molar-refractivity contribution < 1.29 is 9.59 Å². The normalized spacial score (nSPS) is 25.8. The van der Waals surface area contributed by atoms with Crippen LogP contribution >= 0.6 is 0 Å². The Morgan fingerprint density at radius 1 is 1.44 bits per heavy atom. The van der Waals surface area contributed by atoms with Crippen LogP contribution in [-0.2, 0) is 9.59 Å². The van der Waals surface area contributed by atoms with Crippen molar-refractivity contribution in [2.75, 3.05) is 13.1 Å². The lowest BCUT2D eigenvalue weighted by Crippen LogP contribution is -2.42. The lowest BCUT2D eigenvalue weighted by atomic mass is 10.1. The van der Waals surface area contributed by atoms with E-state index in [1.165, 1.54) is 12.8 Å². The van der Waals surface area contributed by atoms with Crippen molar-refractivity contribution in [3.05, 3.63) is 0 Å². The number of hydrogen-bond acceptors (Lipinski definition) is 2. The van der Waals surface area contributed by atoms with Crippen molar-refractivity contribution in [2.45, 2.75) is 45.1 Å². The average molecular weight is 224 g/mol. The topological polar surface area (TPSA) is 49.4 Å². The number of carbonyl (C=O) groups excluding carboxylic acids is 2. The Balaban J connectivity index is 1.97. The molecule has 1 aliphatic heterocycles. The molecule has 0 aromatic heterocycles. The number of hydrogen-bond donors (Lipinski definition) is 1. The number of nitrogens with one attached hydrogen (secondary N) is 1. The van der Waals surface area contributed by atoms with E-state index in [-0.39, 0.29) is 17.7 Å². The first-order valence-corrected chi connectivity index (χ1v) is 6.29. The molecular weight excluding hydrogens is 204 g/mol. The molecule has 0 bridgehead atoms. The summed E-state index contributed by atoms with van der Waals surface area (Å²) < 4.78 is 0. The van der Waals surface area contributed by atoms with Gasteiger partial charge in [-0.05, 0) is 19.8 Å². The minimum atomic E-state index is -0.118. The molecule has 90 valence electrons. The fourth-order valence-electron chi connectivity index (χ4n) is 2.82. The minimum absolute atomic E-state index is 0.0147. The van der Waals surface area contributed by atoms with Gasteiger partial charge in [-0.15, -0.1) is 0 Å². The fraction of sp³-hybridized carbons (Fsp3) is 0.833. The molecule has 1 heterocycles. The lowest BCUT2D eigenvalue weighted by molar-refractivity contribution is -0.137. The SMILES string of the molecule is CCN(C(=O)C1CNC(=O)C1)C1CCCC1. The summed E-state index contributed by atoms with van der Waals surface area (Å²) in [5, 5.41) is 2.73. The quantitative estimate of drug-likeness (QED) is 0.774. The largest absolute Gasteiger partial charge is 0.355 e. The number of amides is 2. The highest BCUT2D eigenvalue weighted by Gasteiger charge is 2.34. The van der Waals surface area contributed by atoms with E-state index >= 15 is 0 Å². The van der Waals surface area contributed by atoms with E-state index in [1.54, 1.807) is 0 Å². The van der Waals surface area contributed by atoms with Gasteiger partial charge in [0.1, 0.15) is 0 Å². The van der Waals surface area contributed by atoms with Gasteiger partial charge in [0.25, 0.3) is 0 Å². The lowest BCUT2D eigenvalue weighted by Gasteiger charge is -2.29. The first-order chi connectivity index (χ1) is 7.72. The van der Waals surface area contributed by atoms with Gasteiger partial charge in [-0.3, -0.25) is 9.59 Å². The van der Waals surface area contributed by atoms with Crippen LogP contribution in [0, 0.1) is 5.92 Å². The van der Waals surface area contributed by atoms with Crippen LogP contribution in [0.25, 0.3) is 0 Å². The molecule has 1 atom stereocenters. The maximum absolute atomic E-state index is 12.2. The molecule has 0 radical (unpaired) electrons. The Kier molecular flexibility index (Phi) is 3.46. The van der Waals surface area contributed by atoms with E-state index in [0.717, 1.165) is 19.4 Å². The highest BCUT2D eigenvalue weighted by atomic mass is 16.2. The summed E-state index contributed by atoms with van der Waals surface area (Å²) >= 11 is 0. The number of nitrogens with zero attached hydrogens (tertiary/aromatic N) is 1. The molecular formula is C12H20N2O2. The number of rotatable bonds is 3. The summed E-state index contributed by atoms with van der Waals surface area (Å²) in [7, 11) is 0. The van der Waals surface area contributed by atoms with E-state index in [0.29, 0.717) is 19.0 Å². The van der Waals surface area contributed by atoms with Gasteiger partial charge in [0.2, 0.25) is 11.8 Å². The van der Waals surface area contributed by atoms with Crippen molar-refractivity contribution in [1.29, 1.82) is 0 Å². The van der Waals surface area contributed by atoms with E-state index in [1.807, 2.05) is 11.8 Å². The second-order valence-electron chi connectivity index (χ2n) is 4.77. The van der Waals surface area contributed by atoms with Gasteiger partial charge in [0, 0.05) is 25.6 Å². The minimum Gasteiger partial charge on any atom is -0.355 e. The zero-order valence-corrected chi connectivity index (χ0v) is 9.87. The van der Waals surface area contributed by atoms with E-state index < -0.39 is 0 Å². The zero-order valence-electron chi connectivity index (χ0n) is 9.87. The molecule has 1 saturated carbocycles. The first-order valence-electron chi connectivity index (χ1n) is 6.29. The molecule has 2 amide bonds. The molecule has 2 rings (SSSR count). The average Bonchev–Trinajstić information content (AvgIpc) is 2.90. The maximum Gasteiger partial charge on any atom is 0.228 e. The Morgan fingerprint density at radius 2 is 2.12 bits per heavy atom. The molecule has 16 heavy (non-hydrogen) atoms. The summed E-state index contributed by atoms with van der Waals surface area (Å²) in [6, 6.07) is 0.424. The summed E-state index contributed by atoms with van der Waals surface area (Å²) in [6.07, 6.45) is 5.11. The molecule has 0 aromatic carbocycles. The van der Waals surface area contributed by atoms with Gasteiger partial charge in [0.15, 0.2) is 0 Å². The summed E-state index contributed by atoms with van der Waals surface area (Å²) in [4.78, 5) is 25.3. The maximum atomic E-state index is 12.2. The van der Waals surface area contributed by atoms with Gasteiger partial charge >= 0.3 is 0 Å². The van der Waals surface area contributed by atoms with Crippen LogP contribution in [-0.4, -0.2) is 35.8 Å². The molecule has 1 N–H and O–H groups in total.